The molecular weight excluding hydrogens is 420 g/mol. The lowest BCUT2D eigenvalue weighted by Crippen LogP contribution is -2.41. The maximum Gasteiger partial charge on any atom is 0.312 e. The number of aryl methyl sites for hydroxylation is 4. The zero-order valence-electron chi connectivity index (χ0n) is 20.2. The van der Waals surface area contributed by atoms with Gasteiger partial charge in [0.2, 0.25) is 0 Å². The van der Waals surface area contributed by atoms with Crippen LogP contribution in [0, 0.1) is 5.92 Å². The van der Waals surface area contributed by atoms with Crippen LogP contribution in [-0.4, -0.2) is 48.0 Å². The smallest absolute Gasteiger partial charge is 0.312 e. The fourth-order valence-electron chi connectivity index (χ4n) is 3.33. The second kappa shape index (κ2) is 12.7. The molecule has 0 unspecified atom stereocenters. The van der Waals surface area contributed by atoms with E-state index >= 15 is 0 Å². The van der Waals surface area contributed by atoms with E-state index in [1.165, 1.54) is 7.11 Å². The summed E-state index contributed by atoms with van der Waals surface area (Å²) in [6.45, 7) is 8.00. The van der Waals surface area contributed by atoms with Crippen LogP contribution in [-0.2, 0) is 35.2 Å². The molecule has 0 bridgehead atoms. The van der Waals surface area contributed by atoms with Gasteiger partial charge < -0.3 is 15.4 Å². The normalized spacial score (nSPS) is 10.7. The van der Waals surface area contributed by atoms with Crippen molar-refractivity contribution in [2.24, 2.45) is 5.92 Å². The molecule has 0 spiro atoms. The largest absolute Gasteiger partial charge is 0.469 e. The number of methoxy groups -OCH3 is 1. The van der Waals surface area contributed by atoms with Gasteiger partial charge in [-0.15, -0.1) is 0 Å². The van der Waals surface area contributed by atoms with Gasteiger partial charge in [-0.3, -0.25) is 24.4 Å². The van der Waals surface area contributed by atoms with Crippen molar-refractivity contribution in [2.75, 3.05) is 20.2 Å². The van der Waals surface area contributed by atoms with Crippen molar-refractivity contribution in [2.45, 2.75) is 53.4 Å². The minimum absolute atomic E-state index is 0.0355. The first kappa shape index (κ1) is 26.0. The predicted molar refractivity (Wildman–Crippen MR) is 126 cm³/mol. The van der Waals surface area contributed by atoms with E-state index in [1.807, 2.05) is 27.7 Å². The van der Waals surface area contributed by atoms with E-state index in [4.69, 9.17) is 4.74 Å². The highest BCUT2D eigenvalue weighted by atomic mass is 16.5. The Bertz CT molecular complexity index is 874. The Morgan fingerprint density at radius 2 is 1.06 bits per heavy atom. The van der Waals surface area contributed by atoms with Crippen LogP contribution in [0.4, 0.5) is 0 Å². The van der Waals surface area contributed by atoms with E-state index in [0.29, 0.717) is 11.1 Å². The number of esters is 1. The third kappa shape index (κ3) is 7.37. The highest BCUT2D eigenvalue weighted by molar-refractivity contribution is 5.95. The summed E-state index contributed by atoms with van der Waals surface area (Å²) in [4.78, 5) is 46.7. The van der Waals surface area contributed by atoms with Gasteiger partial charge in [0.05, 0.1) is 13.0 Å². The molecule has 0 radical (unpaired) electrons. The molecule has 0 aliphatic heterocycles. The number of nitrogens with one attached hydrogen (secondary N) is 2. The van der Waals surface area contributed by atoms with Crippen molar-refractivity contribution in [3.8, 4) is 0 Å². The molecule has 2 N–H and O–H groups in total. The van der Waals surface area contributed by atoms with Crippen molar-refractivity contribution in [3.63, 3.8) is 0 Å². The monoisotopic (exact) mass is 454 g/mol. The highest BCUT2D eigenvalue weighted by Crippen LogP contribution is 2.10. The van der Waals surface area contributed by atoms with E-state index in [2.05, 4.69) is 20.6 Å². The second-order valence-corrected chi connectivity index (χ2v) is 7.73. The molecule has 0 aromatic carbocycles. The maximum atomic E-state index is 12.7. The van der Waals surface area contributed by atoms with E-state index in [9.17, 15) is 14.4 Å². The number of hydrogen-bond donors (Lipinski definition) is 2. The molecule has 0 aliphatic rings. The van der Waals surface area contributed by atoms with Gasteiger partial charge in [0.1, 0.15) is 0 Å². The zero-order chi connectivity index (χ0) is 24.4. The molecule has 8 nitrogen and oxygen atoms in total. The average Bonchev–Trinajstić information content (AvgIpc) is 2.86. The van der Waals surface area contributed by atoms with Crippen LogP contribution in [0.3, 0.4) is 0 Å². The molecular formula is C25H34N4O4. The first-order valence-electron chi connectivity index (χ1n) is 11.5. The van der Waals surface area contributed by atoms with Crippen LogP contribution in [0.2, 0.25) is 0 Å². The van der Waals surface area contributed by atoms with Crippen molar-refractivity contribution in [3.05, 3.63) is 58.2 Å². The predicted octanol–water partition coefficient (Wildman–Crippen LogP) is 2.68. The van der Waals surface area contributed by atoms with Crippen LogP contribution in [0.15, 0.2) is 24.3 Å². The number of nitrogens with zero attached hydrogens (tertiary/aromatic N) is 2. The van der Waals surface area contributed by atoms with Gasteiger partial charge in [0.15, 0.2) is 0 Å². The lowest BCUT2D eigenvalue weighted by atomic mass is 10.1. The molecule has 2 aromatic rings. The Balaban J connectivity index is 2.06. The summed E-state index contributed by atoms with van der Waals surface area (Å²) in [7, 11) is 1.28. The van der Waals surface area contributed by atoms with Crippen molar-refractivity contribution in [1.82, 2.24) is 20.6 Å². The lowest BCUT2D eigenvalue weighted by molar-refractivity contribution is -0.144. The topological polar surface area (TPSA) is 110 Å². The van der Waals surface area contributed by atoms with Gasteiger partial charge in [0, 0.05) is 47.0 Å². The molecule has 2 amide bonds. The van der Waals surface area contributed by atoms with E-state index in [0.717, 1.165) is 48.5 Å². The number of carbonyl (C=O) groups is 3. The molecule has 2 heterocycles. The Kier molecular flexibility index (Phi) is 9.97. The summed E-state index contributed by atoms with van der Waals surface area (Å²) in [5, 5.41) is 5.58. The Hall–Kier alpha value is -3.29. The summed E-state index contributed by atoms with van der Waals surface area (Å²) in [6, 6.07) is 7.01. The summed E-state index contributed by atoms with van der Waals surface area (Å²) in [6.07, 6.45) is 2.89. The Morgan fingerprint density at radius 1 is 0.727 bits per heavy atom. The summed E-state index contributed by atoms with van der Waals surface area (Å²) >= 11 is 0. The van der Waals surface area contributed by atoms with Gasteiger partial charge >= 0.3 is 5.97 Å². The average molecular weight is 455 g/mol. The third-order valence-corrected chi connectivity index (χ3v) is 5.39. The van der Waals surface area contributed by atoms with Crippen molar-refractivity contribution >= 4 is 17.8 Å². The number of carbonyl (C=O) groups excluding carboxylic acids is 3. The van der Waals surface area contributed by atoms with E-state index < -0.39 is 11.9 Å². The summed E-state index contributed by atoms with van der Waals surface area (Å²) in [5.74, 6) is -1.82. The number of rotatable bonds is 11. The summed E-state index contributed by atoms with van der Waals surface area (Å²) in [5.41, 5.74) is 4.36. The van der Waals surface area contributed by atoms with Crippen molar-refractivity contribution < 1.29 is 19.1 Å². The first-order chi connectivity index (χ1) is 15.8. The molecule has 33 heavy (non-hydrogen) atoms. The number of ether oxygens (including phenoxy) is 1. The standard InChI is InChI=1S/C25H34N4O4/c1-6-19-10-16(11-20(7-2)28-19)23(30)26-14-18(25(32)33-5)15-27-24(31)17-12-21(8-3)29-22(9-4)13-17/h10-13,18H,6-9,14-15H2,1-5H3,(H,26,30)(H,27,31). The molecule has 0 atom stereocenters. The minimum atomic E-state index is -0.723. The second-order valence-electron chi connectivity index (χ2n) is 7.73. The number of aromatic nitrogens is 2. The lowest BCUT2D eigenvalue weighted by Gasteiger charge is -2.17. The van der Waals surface area contributed by atoms with Gasteiger partial charge in [-0.25, -0.2) is 0 Å². The first-order valence-corrected chi connectivity index (χ1v) is 11.5. The van der Waals surface area contributed by atoms with Crippen molar-refractivity contribution in [1.29, 1.82) is 0 Å². The van der Waals surface area contributed by atoms with E-state index in [1.54, 1.807) is 24.3 Å². The molecule has 0 saturated heterocycles. The molecule has 2 rings (SSSR count). The fraction of sp³-hybridized carbons (Fsp3) is 0.480. The fourth-order valence-corrected chi connectivity index (χ4v) is 3.33. The number of amides is 2. The molecule has 0 saturated carbocycles. The molecule has 178 valence electrons. The third-order valence-electron chi connectivity index (χ3n) is 5.39. The SMILES string of the molecule is CCc1cc(C(=O)NCC(CNC(=O)c2cc(CC)nc(CC)c2)C(=O)OC)cc(CC)n1. The number of hydrogen-bond acceptors (Lipinski definition) is 6. The minimum Gasteiger partial charge on any atom is -0.469 e. The molecule has 2 aromatic heterocycles. The molecule has 0 fully saturated rings. The zero-order valence-corrected chi connectivity index (χ0v) is 20.2. The van der Waals surface area contributed by atoms with Crippen LogP contribution in [0.5, 0.6) is 0 Å². The van der Waals surface area contributed by atoms with Crippen LogP contribution < -0.4 is 10.6 Å². The quantitative estimate of drug-likeness (QED) is 0.505. The molecule has 8 heteroatoms. The highest BCUT2D eigenvalue weighted by Gasteiger charge is 2.22. The Labute approximate surface area is 195 Å². The van der Waals surface area contributed by atoms with Gasteiger partial charge in [-0.2, -0.15) is 0 Å². The van der Waals surface area contributed by atoms with Crippen LogP contribution >= 0.6 is 0 Å². The van der Waals surface area contributed by atoms with Gasteiger partial charge in [-0.1, -0.05) is 27.7 Å². The van der Waals surface area contributed by atoms with Crippen LogP contribution in [0.1, 0.15) is 71.2 Å². The summed E-state index contributed by atoms with van der Waals surface area (Å²) < 4.78 is 4.87. The van der Waals surface area contributed by atoms with Gasteiger partial charge in [-0.05, 0) is 49.9 Å². The number of pyridine rings is 2. The van der Waals surface area contributed by atoms with Crippen LogP contribution in [0.25, 0.3) is 0 Å². The van der Waals surface area contributed by atoms with E-state index in [-0.39, 0.29) is 24.9 Å². The molecule has 0 aliphatic carbocycles. The maximum absolute atomic E-state index is 12.7. The Morgan fingerprint density at radius 3 is 1.33 bits per heavy atom. The van der Waals surface area contributed by atoms with Gasteiger partial charge in [0.25, 0.3) is 11.8 Å².